The van der Waals surface area contributed by atoms with Gasteiger partial charge < -0.3 is 0 Å². The molecule has 0 aliphatic rings. The summed E-state index contributed by atoms with van der Waals surface area (Å²) >= 11 is 0. The minimum absolute atomic E-state index is 0.431. The van der Waals surface area contributed by atoms with Crippen LogP contribution in [0.1, 0.15) is 12.5 Å². The molecule has 0 aromatic heterocycles. The summed E-state index contributed by atoms with van der Waals surface area (Å²) in [6.45, 7) is 1.70. The third-order valence-electron chi connectivity index (χ3n) is 1.83. The van der Waals surface area contributed by atoms with Gasteiger partial charge >= 0.3 is 5.51 Å². The van der Waals surface area contributed by atoms with Crippen molar-refractivity contribution < 1.29 is 21.6 Å². The number of hydrogen-bond acceptors (Lipinski definition) is 2. The molecule has 0 bridgehead atoms. The van der Waals surface area contributed by atoms with Crippen molar-refractivity contribution in [1.29, 1.82) is 0 Å². The van der Waals surface area contributed by atoms with Crippen LogP contribution in [-0.2, 0) is 16.3 Å². The molecule has 83 valence electrons. The summed E-state index contributed by atoms with van der Waals surface area (Å²) in [7, 11) is -5.23. The number of halogens is 3. The highest BCUT2D eigenvalue weighted by molar-refractivity contribution is 7.92. The molecule has 0 atom stereocenters. The van der Waals surface area contributed by atoms with E-state index in [1.807, 2.05) is 0 Å². The molecule has 0 saturated heterocycles. The Morgan fingerprint density at radius 3 is 2.47 bits per heavy atom. The average molecular weight is 237 g/mol. The van der Waals surface area contributed by atoms with E-state index in [0.29, 0.717) is 12.0 Å². The summed E-state index contributed by atoms with van der Waals surface area (Å²) in [5.41, 5.74) is -4.82. The molecule has 0 aliphatic carbocycles. The minimum atomic E-state index is -5.25. The van der Waals surface area contributed by atoms with Crippen LogP contribution in [0, 0.1) is 6.07 Å². The van der Waals surface area contributed by atoms with Crippen LogP contribution >= 0.6 is 0 Å². The first-order valence-corrected chi connectivity index (χ1v) is 5.59. The van der Waals surface area contributed by atoms with Gasteiger partial charge in [-0.15, -0.1) is 0 Å². The number of benzene rings is 1. The van der Waals surface area contributed by atoms with Gasteiger partial charge in [0.2, 0.25) is 0 Å². The van der Waals surface area contributed by atoms with Gasteiger partial charge in [-0.2, -0.15) is 13.2 Å². The maximum absolute atomic E-state index is 12.2. The predicted molar refractivity (Wildman–Crippen MR) is 47.9 cm³/mol. The highest BCUT2D eigenvalue weighted by Crippen LogP contribution is 2.30. The van der Waals surface area contributed by atoms with Gasteiger partial charge in [0.1, 0.15) is 0 Å². The monoisotopic (exact) mass is 237 g/mol. The predicted octanol–water partition coefficient (Wildman–Crippen LogP) is 2.34. The Morgan fingerprint density at radius 2 is 2.00 bits per heavy atom. The summed E-state index contributed by atoms with van der Waals surface area (Å²) < 4.78 is 58.4. The average Bonchev–Trinajstić information content (AvgIpc) is 2.16. The van der Waals surface area contributed by atoms with Gasteiger partial charge in [0.25, 0.3) is 9.84 Å². The Balaban J connectivity index is 3.29. The van der Waals surface area contributed by atoms with Gasteiger partial charge in [-0.3, -0.25) is 0 Å². The Hall–Kier alpha value is -1.04. The van der Waals surface area contributed by atoms with E-state index in [1.165, 1.54) is 6.07 Å². The molecular formula is C9H8F3O2S. The van der Waals surface area contributed by atoms with E-state index in [2.05, 4.69) is 6.07 Å². The molecule has 15 heavy (non-hydrogen) atoms. The molecular weight excluding hydrogens is 229 g/mol. The van der Waals surface area contributed by atoms with Crippen molar-refractivity contribution in [2.75, 3.05) is 0 Å². The van der Waals surface area contributed by atoms with Crippen LogP contribution in [0.15, 0.2) is 23.1 Å². The van der Waals surface area contributed by atoms with Crippen molar-refractivity contribution in [2.45, 2.75) is 23.7 Å². The molecule has 0 fully saturated rings. The molecule has 0 spiro atoms. The van der Waals surface area contributed by atoms with E-state index in [1.54, 1.807) is 6.92 Å². The molecule has 1 rings (SSSR count). The molecule has 6 heteroatoms. The lowest BCUT2D eigenvalue weighted by Crippen LogP contribution is -2.23. The van der Waals surface area contributed by atoms with Gasteiger partial charge in [-0.25, -0.2) is 8.42 Å². The lowest BCUT2D eigenvalue weighted by Gasteiger charge is -2.08. The highest BCUT2D eigenvalue weighted by atomic mass is 32.2. The highest BCUT2D eigenvalue weighted by Gasteiger charge is 2.46. The zero-order valence-corrected chi connectivity index (χ0v) is 8.61. The number of rotatable bonds is 2. The second-order valence-electron chi connectivity index (χ2n) is 2.85. The fourth-order valence-corrected chi connectivity index (χ4v) is 1.81. The molecule has 0 saturated carbocycles. The third-order valence-corrected chi connectivity index (χ3v) is 3.31. The van der Waals surface area contributed by atoms with Crippen LogP contribution < -0.4 is 0 Å². The largest absolute Gasteiger partial charge is 0.501 e. The molecule has 0 heterocycles. The van der Waals surface area contributed by atoms with Gasteiger partial charge in [0.15, 0.2) is 0 Å². The Bertz CT molecular complexity index is 449. The van der Waals surface area contributed by atoms with Crippen molar-refractivity contribution >= 4 is 9.84 Å². The molecule has 0 unspecified atom stereocenters. The van der Waals surface area contributed by atoms with E-state index in [-0.39, 0.29) is 0 Å². The summed E-state index contributed by atoms with van der Waals surface area (Å²) in [6.07, 6.45) is 0.432. The van der Waals surface area contributed by atoms with Crippen LogP contribution in [0.5, 0.6) is 0 Å². The van der Waals surface area contributed by atoms with Gasteiger partial charge in [0, 0.05) is 0 Å². The van der Waals surface area contributed by atoms with Crippen molar-refractivity contribution in [3.05, 3.63) is 29.8 Å². The molecule has 0 amide bonds. The van der Waals surface area contributed by atoms with Crippen LogP contribution in [0.2, 0.25) is 0 Å². The smallest absolute Gasteiger partial charge is 0.214 e. The van der Waals surface area contributed by atoms with E-state index >= 15 is 0 Å². The quantitative estimate of drug-likeness (QED) is 0.791. The number of aryl methyl sites for hydroxylation is 1. The van der Waals surface area contributed by atoms with Gasteiger partial charge in [-0.1, -0.05) is 13.0 Å². The number of alkyl halides is 3. The topological polar surface area (TPSA) is 34.1 Å². The van der Waals surface area contributed by atoms with Crippen LogP contribution in [0.4, 0.5) is 13.2 Å². The van der Waals surface area contributed by atoms with Gasteiger partial charge in [0.05, 0.1) is 4.90 Å². The Morgan fingerprint density at radius 1 is 1.40 bits per heavy atom. The van der Waals surface area contributed by atoms with Crippen molar-refractivity contribution in [1.82, 2.24) is 0 Å². The van der Waals surface area contributed by atoms with Gasteiger partial charge in [-0.05, 0) is 30.2 Å². The molecule has 1 aromatic rings. The van der Waals surface area contributed by atoms with Crippen molar-refractivity contribution in [3.63, 3.8) is 0 Å². The zero-order chi connectivity index (χ0) is 11.7. The van der Waals surface area contributed by atoms with Crippen LogP contribution in [0.3, 0.4) is 0 Å². The molecule has 1 radical (unpaired) electrons. The SMILES string of the molecule is CCc1[c]ccc(S(=O)(=O)C(F)(F)F)c1. The summed E-state index contributed by atoms with van der Waals surface area (Å²) in [4.78, 5) is -0.731. The second-order valence-corrected chi connectivity index (χ2v) is 4.79. The second kappa shape index (κ2) is 3.84. The minimum Gasteiger partial charge on any atom is -0.214 e. The Labute approximate surface area is 85.6 Å². The fraction of sp³-hybridized carbons (Fsp3) is 0.333. The Kier molecular flexibility index (Phi) is 3.08. The van der Waals surface area contributed by atoms with E-state index in [9.17, 15) is 21.6 Å². The van der Waals surface area contributed by atoms with Crippen molar-refractivity contribution in [3.8, 4) is 0 Å². The summed E-state index contributed by atoms with van der Waals surface area (Å²) in [5, 5.41) is 0. The van der Waals surface area contributed by atoms with Crippen LogP contribution in [-0.4, -0.2) is 13.9 Å². The first-order valence-electron chi connectivity index (χ1n) is 4.11. The molecule has 1 aromatic carbocycles. The number of hydrogen-bond donors (Lipinski definition) is 0. The molecule has 0 aliphatic heterocycles. The van der Waals surface area contributed by atoms with E-state index in [4.69, 9.17) is 0 Å². The lowest BCUT2D eigenvalue weighted by atomic mass is 10.2. The normalized spacial score (nSPS) is 12.8. The summed E-state index contributed by atoms with van der Waals surface area (Å²) in [6, 6.07) is 5.71. The third kappa shape index (κ3) is 2.31. The first-order chi connectivity index (χ1) is 6.79. The van der Waals surface area contributed by atoms with E-state index in [0.717, 1.165) is 12.1 Å². The lowest BCUT2D eigenvalue weighted by molar-refractivity contribution is -0.0436. The number of sulfone groups is 1. The standard InChI is InChI=1S/C9H8F3O2S/c1-2-7-4-3-5-8(6-7)15(13,14)9(10,11)12/h3,5-6H,2H2,1H3. The maximum Gasteiger partial charge on any atom is 0.501 e. The molecule has 0 N–H and O–H groups in total. The summed E-state index contributed by atoms with van der Waals surface area (Å²) in [5.74, 6) is 0. The van der Waals surface area contributed by atoms with Crippen LogP contribution in [0.25, 0.3) is 0 Å². The maximum atomic E-state index is 12.2. The zero-order valence-electron chi connectivity index (χ0n) is 7.80. The fourth-order valence-electron chi connectivity index (χ4n) is 0.997. The van der Waals surface area contributed by atoms with Crippen molar-refractivity contribution in [2.24, 2.45) is 0 Å². The van der Waals surface area contributed by atoms with E-state index < -0.39 is 20.2 Å². The first kappa shape index (κ1) is 12.0. The molecule has 2 nitrogen and oxygen atoms in total.